The molecule has 0 atom stereocenters. The molecule has 3 aromatic rings. The minimum atomic E-state index is -1.05. The van der Waals surface area contributed by atoms with Crippen molar-refractivity contribution in [2.24, 2.45) is 0 Å². The summed E-state index contributed by atoms with van der Waals surface area (Å²) < 4.78 is 1.51. The van der Waals surface area contributed by atoms with Crippen LogP contribution in [0.1, 0.15) is 10.5 Å². The first-order chi connectivity index (χ1) is 9.58. The molecule has 6 heteroatoms. The number of nitrogens with zero attached hydrogens (tertiary/aromatic N) is 2. The van der Waals surface area contributed by atoms with Gasteiger partial charge in [0.2, 0.25) is 0 Å². The summed E-state index contributed by atoms with van der Waals surface area (Å²) in [7, 11) is 0. The number of carboxylic acids is 1. The summed E-state index contributed by atoms with van der Waals surface area (Å²) in [5.41, 5.74) is 1.34. The van der Waals surface area contributed by atoms with Gasteiger partial charge in [-0.25, -0.2) is 9.78 Å². The third-order valence-corrected chi connectivity index (χ3v) is 3.43. The fourth-order valence-corrected chi connectivity index (χ4v) is 2.50. The molecule has 0 aliphatic heterocycles. The average Bonchev–Trinajstić information content (AvgIpc) is 2.76. The second kappa shape index (κ2) is 4.81. The van der Waals surface area contributed by atoms with E-state index in [4.69, 9.17) is 23.2 Å². The highest BCUT2D eigenvalue weighted by molar-refractivity contribution is 6.33. The largest absolute Gasteiger partial charge is 0.477 e. The fraction of sp³-hybridized carbons (Fsp3) is 0. The van der Waals surface area contributed by atoms with Gasteiger partial charge in [0.05, 0.1) is 5.52 Å². The van der Waals surface area contributed by atoms with Crippen molar-refractivity contribution in [2.75, 3.05) is 0 Å². The molecular weight excluding hydrogens is 299 g/mol. The van der Waals surface area contributed by atoms with Crippen molar-refractivity contribution < 1.29 is 9.90 Å². The highest BCUT2D eigenvalue weighted by Crippen LogP contribution is 2.28. The molecule has 0 aliphatic carbocycles. The summed E-state index contributed by atoms with van der Waals surface area (Å²) in [5, 5.41) is 10.1. The molecule has 0 fully saturated rings. The number of fused-ring (bicyclic) bond motifs is 1. The van der Waals surface area contributed by atoms with Crippen LogP contribution in [0.15, 0.2) is 42.5 Å². The van der Waals surface area contributed by atoms with Crippen LogP contribution in [0, 0.1) is 0 Å². The molecule has 100 valence electrons. The molecule has 2 heterocycles. The van der Waals surface area contributed by atoms with Crippen molar-refractivity contribution in [1.29, 1.82) is 0 Å². The predicted molar refractivity (Wildman–Crippen MR) is 77.6 cm³/mol. The Balaban J connectivity index is 2.39. The number of carboxylic acid groups (broad SMARTS) is 1. The second-order valence-electron chi connectivity index (χ2n) is 4.17. The van der Waals surface area contributed by atoms with E-state index < -0.39 is 5.97 Å². The Hall–Kier alpha value is -2.04. The van der Waals surface area contributed by atoms with Crippen LogP contribution >= 0.6 is 23.2 Å². The van der Waals surface area contributed by atoms with Gasteiger partial charge in [0.1, 0.15) is 11.5 Å². The Bertz CT molecular complexity index is 827. The molecule has 1 aromatic carbocycles. The maximum Gasteiger partial charge on any atom is 0.352 e. The van der Waals surface area contributed by atoms with Gasteiger partial charge in [-0.05, 0) is 24.3 Å². The number of pyridine rings is 1. The number of carbonyl (C=O) groups is 1. The van der Waals surface area contributed by atoms with Gasteiger partial charge in [0.25, 0.3) is 0 Å². The third-order valence-electron chi connectivity index (χ3n) is 2.92. The Morgan fingerprint density at radius 2 is 1.90 bits per heavy atom. The van der Waals surface area contributed by atoms with Crippen LogP contribution in [-0.2, 0) is 0 Å². The van der Waals surface area contributed by atoms with Gasteiger partial charge in [0, 0.05) is 10.6 Å². The van der Waals surface area contributed by atoms with Crippen LogP contribution in [0.4, 0.5) is 0 Å². The Labute approximate surface area is 124 Å². The van der Waals surface area contributed by atoms with Gasteiger partial charge in [-0.1, -0.05) is 41.4 Å². The van der Waals surface area contributed by atoms with Crippen LogP contribution in [0.2, 0.25) is 10.2 Å². The maximum absolute atomic E-state index is 11.4. The maximum atomic E-state index is 11.4. The highest BCUT2D eigenvalue weighted by atomic mass is 35.5. The lowest BCUT2D eigenvalue weighted by atomic mass is 10.2. The van der Waals surface area contributed by atoms with Crippen LogP contribution in [0.3, 0.4) is 0 Å². The van der Waals surface area contributed by atoms with Crippen molar-refractivity contribution >= 4 is 34.7 Å². The molecule has 20 heavy (non-hydrogen) atoms. The molecule has 0 aliphatic rings. The molecule has 0 saturated carbocycles. The van der Waals surface area contributed by atoms with Crippen molar-refractivity contribution in [1.82, 2.24) is 9.38 Å². The molecule has 0 saturated heterocycles. The van der Waals surface area contributed by atoms with E-state index in [-0.39, 0.29) is 10.8 Å². The monoisotopic (exact) mass is 306 g/mol. The van der Waals surface area contributed by atoms with E-state index in [1.807, 2.05) is 0 Å². The number of hydrogen-bond acceptors (Lipinski definition) is 2. The molecule has 0 amide bonds. The quantitative estimate of drug-likeness (QED) is 0.778. The fourth-order valence-electron chi connectivity index (χ4n) is 2.09. The number of aromatic nitrogens is 2. The normalized spacial score (nSPS) is 10.9. The molecule has 2 aromatic heterocycles. The summed E-state index contributed by atoms with van der Waals surface area (Å²) in [6.45, 7) is 0. The SMILES string of the molecule is O=C(O)c1cccc2c(Cl)nc(-c3cccc(Cl)c3)n12. The summed E-state index contributed by atoms with van der Waals surface area (Å²) in [4.78, 5) is 15.6. The van der Waals surface area contributed by atoms with E-state index in [0.717, 1.165) is 0 Å². The zero-order valence-corrected chi connectivity index (χ0v) is 11.6. The van der Waals surface area contributed by atoms with E-state index in [1.165, 1.54) is 10.5 Å². The standard InChI is InChI=1S/C14H8Cl2N2O2/c15-9-4-1-3-8(7-9)13-17-12(16)10-5-2-6-11(14(19)20)18(10)13/h1-7H,(H,19,20). The van der Waals surface area contributed by atoms with Crippen molar-refractivity contribution in [2.45, 2.75) is 0 Å². The number of imidazole rings is 1. The predicted octanol–water partition coefficient (Wildman–Crippen LogP) is 4.01. The number of aromatic carboxylic acids is 1. The lowest BCUT2D eigenvalue weighted by molar-refractivity contribution is 0.0689. The smallest absolute Gasteiger partial charge is 0.352 e. The number of benzene rings is 1. The first kappa shape index (κ1) is 13.0. The Morgan fingerprint density at radius 3 is 2.60 bits per heavy atom. The minimum absolute atomic E-state index is 0.0943. The topological polar surface area (TPSA) is 54.6 Å². The van der Waals surface area contributed by atoms with Crippen LogP contribution in [0.25, 0.3) is 16.9 Å². The molecule has 0 spiro atoms. The van der Waals surface area contributed by atoms with Gasteiger partial charge in [0.15, 0.2) is 5.15 Å². The molecule has 0 bridgehead atoms. The first-order valence-electron chi connectivity index (χ1n) is 5.74. The zero-order chi connectivity index (χ0) is 14.3. The average molecular weight is 307 g/mol. The molecule has 0 radical (unpaired) electrons. The first-order valence-corrected chi connectivity index (χ1v) is 6.50. The lowest BCUT2D eigenvalue weighted by Crippen LogP contribution is -2.05. The van der Waals surface area contributed by atoms with E-state index in [1.54, 1.807) is 36.4 Å². The lowest BCUT2D eigenvalue weighted by Gasteiger charge is -2.05. The van der Waals surface area contributed by atoms with Gasteiger partial charge in [-0.2, -0.15) is 0 Å². The molecule has 0 unspecified atom stereocenters. The highest BCUT2D eigenvalue weighted by Gasteiger charge is 2.17. The number of rotatable bonds is 2. The summed E-state index contributed by atoms with van der Waals surface area (Å²) in [5.74, 6) is -0.599. The van der Waals surface area contributed by atoms with Gasteiger partial charge >= 0.3 is 5.97 Å². The summed E-state index contributed by atoms with van der Waals surface area (Å²) in [6, 6.07) is 11.9. The van der Waals surface area contributed by atoms with E-state index in [2.05, 4.69) is 4.98 Å². The molecule has 4 nitrogen and oxygen atoms in total. The van der Waals surface area contributed by atoms with E-state index in [9.17, 15) is 9.90 Å². The minimum Gasteiger partial charge on any atom is -0.477 e. The van der Waals surface area contributed by atoms with Crippen molar-refractivity contribution in [3.8, 4) is 11.4 Å². The van der Waals surface area contributed by atoms with Gasteiger partial charge in [-0.15, -0.1) is 0 Å². The molecular formula is C14H8Cl2N2O2. The zero-order valence-electron chi connectivity index (χ0n) is 10.0. The van der Waals surface area contributed by atoms with Crippen molar-refractivity contribution in [3.63, 3.8) is 0 Å². The number of hydrogen-bond donors (Lipinski definition) is 1. The molecule has 1 N–H and O–H groups in total. The number of halogens is 2. The summed E-state index contributed by atoms with van der Waals surface area (Å²) in [6.07, 6.45) is 0. The van der Waals surface area contributed by atoms with Crippen LogP contribution in [-0.4, -0.2) is 20.5 Å². The third kappa shape index (κ3) is 2.03. The van der Waals surface area contributed by atoms with E-state index >= 15 is 0 Å². The van der Waals surface area contributed by atoms with E-state index in [0.29, 0.717) is 21.9 Å². The van der Waals surface area contributed by atoms with Crippen LogP contribution in [0.5, 0.6) is 0 Å². The second-order valence-corrected chi connectivity index (χ2v) is 4.97. The van der Waals surface area contributed by atoms with Crippen molar-refractivity contribution in [3.05, 3.63) is 58.3 Å². The van der Waals surface area contributed by atoms with Gasteiger partial charge in [-0.3, -0.25) is 4.40 Å². The molecule has 3 rings (SSSR count). The Kier molecular flexibility index (Phi) is 3.12. The summed E-state index contributed by atoms with van der Waals surface area (Å²) >= 11 is 12.1. The van der Waals surface area contributed by atoms with Gasteiger partial charge < -0.3 is 5.11 Å². The van der Waals surface area contributed by atoms with Crippen LogP contribution < -0.4 is 0 Å². The Morgan fingerprint density at radius 1 is 1.15 bits per heavy atom.